The molecule has 0 saturated carbocycles. The van der Waals surface area contributed by atoms with Gasteiger partial charge in [0.05, 0.1) is 25.4 Å². The van der Waals surface area contributed by atoms with Crippen LogP contribution in [0, 0.1) is 0 Å². The molecule has 0 aliphatic carbocycles. The van der Waals surface area contributed by atoms with Crippen LogP contribution in [0.5, 0.6) is 0 Å². The molecule has 0 aliphatic rings. The molecule has 8 nitrogen and oxygen atoms in total. The van der Waals surface area contributed by atoms with Gasteiger partial charge in [-0.25, -0.2) is 4.57 Å². The summed E-state index contributed by atoms with van der Waals surface area (Å²) < 4.78 is 22.1. The second kappa shape index (κ2) is 38.0. The summed E-state index contributed by atoms with van der Waals surface area (Å²) in [7, 11) is -4.33. The fourth-order valence-electron chi connectivity index (χ4n) is 6.37. The van der Waals surface area contributed by atoms with Crippen LogP contribution in [0.4, 0.5) is 0 Å². The number of allylic oxidation sites excluding steroid dienone is 1. The lowest BCUT2D eigenvalue weighted by Gasteiger charge is -2.23. The van der Waals surface area contributed by atoms with Crippen molar-refractivity contribution in [1.29, 1.82) is 0 Å². The Balaban J connectivity index is 4.21. The highest BCUT2D eigenvalue weighted by Crippen LogP contribution is 2.43. The van der Waals surface area contributed by atoms with Gasteiger partial charge in [-0.15, -0.1) is 0 Å². The molecule has 298 valence electrons. The quantitative estimate of drug-likeness (QED) is 0.0280. The van der Waals surface area contributed by atoms with Crippen molar-refractivity contribution >= 4 is 13.7 Å². The topological polar surface area (TPSA) is 131 Å². The second-order valence-corrected chi connectivity index (χ2v) is 16.0. The number of phosphoric ester groups is 1. The number of aliphatic hydroxyl groups excluding tert-OH is 1. The summed E-state index contributed by atoms with van der Waals surface area (Å²) in [5, 5.41) is 13.7. The summed E-state index contributed by atoms with van der Waals surface area (Å²) in [4.78, 5) is 22.7. The molecule has 0 aromatic rings. The lowest BCUT2D eigenvalue weighted by atomic mass is 10.0. The Hall–Kier alpha value is -0.760. The number of rotatable bonds is 40. The van der Waals surface area contributed by atoms with E-state index >= 15 is 0 Å². The summed E-state index contributed by atoms with van der Waals surface area (Å²) in [6.07, 6.45) is 41.1. The summed E-state index contributed by atoms with van der Waals surface area (Å²) in [5.74, 6) is -0.192. The maximum atomic E-state index is 12.7. The van der Waals surface area contributed by atoms with E-state index in [4.69, 9.17) is 14.8 Å². The van der Waals surface area contributed by atoms with Gasteiger partial charge in [-0.3, -0.25) is 13.8 Å². The van der Waals surface area contributed by atoms with Gasteiger partial charge in [-0.2, -0.15) is 0 Å². The van der Waals surface area contributed by atoms with E-state index in [0.29, 0.717) is 6.42 Å². The zero-order valence-electron chi connectivity index (χ0n) is 32.9. The van der Waals surface area contributed by atoms with Crippen molar-refractivity contribution in [2.45, 2.75) is 225 Å². The van der Waals surface area contributed by atoms with Gasteiger partial charge in [0.25, 0.3) is 0 Å². The van der Waals surface area contributed by atoms with E-state index in [1.54, 1.807) is 6.08 Å². The van der Waals surface area contributed by atoms with Crippen molar-refractivity contribution < 1.29 is 28.4 Å². The largest absolute Gasteiger partial charge is 0.472 e. The number of hydrogen-bond donors (Lipinski definition) is 4. The molecule has 0 aromatic heterocycles. The van der Waals surface area contributed by atoms with Crippen molar-refractivity contribution in [2.24, 2.45) is 5.73 Å². The molecule has 3 unspecified atom stereocenters. The number of phosphoric acid groups is 1. The van der Waals surface area contributed by atoms with Crippen LogP contribution in [0.25, 0.3) is 0 Å². The first-order chi connectivity index (χ1) is 24.4. The van der Waals surface area contributed by atoms with Crippen LogP contribution >= 0.6 is 7.82 Å². The second-order valence-electron chi connectivity index (χ2n) is 14.6. The Bertz CT molecular complexity index is 799. The van der Waals surface area contributed by atoms with Gasteiger partial charge in [0.2, 0.25) is 5.91 Å². The van der Waals surface area contributed by atoms with Gasteiger partial charge in [0.15, 0.2) is 0 Å². The fourth-order valence-corrected chi connectivity index (χ4v) is 7.13. The van der Waals surface area contributed by atoms with Gasteiger partial charge in [0, 0.05) is 13.0 Å². The van der Waals surface area contributed by atoms with Crippen molar-refractivity contribution in [3.8, 4) is 0 Å². The Labute approximate surface area is 309 Å². The highest BCUT2D eigenvalue weighted by molar-refractivity contribution is 7.47. The highest BCUT2D eigenvalue weighted by Gasteiger charge is 2.26. The monoisotopic (exact) mass is 731 g/mol. The number of nitrogens with two attached hydrogens (primary N) is 1. The molecule has 1 amide bonds. The summed E-state index contributed by atoms with van der Waals surface area (Å²) in [6.45, 7) is 4.15. The molecule has 5 N–H and O–H groups in total. The van der Waals surface area contributed by atoms with E-state index in [1.807, 2.05) is 6.08 Å². The van der Waals surface area contributed by atoms with Crippen LogP contribution in [0.1, 0.15) is 213 Å². The fraction of sp³-hybridized carbons (Fsp3) is 0.927. The molecule has 9 heteroatoms. The number of nitrogens with one attached hydrogen (secondary N) is 1. The smallest absolute Gasteiger partial charge is 0.387 e. The van der Waals surface area contributed by atoms with Gasteiger partial charge in [-0.1, -0.05) is 199 Å². The summed E-state index contributed by atoms with van der Waals surface area (Å²) in [6, 6.07) is -0.853. The van der Waals surface area contributed by atoms with Crippen molar-refractivity contribution in [2.75, 3.05) is 19.8 Å². The standard InChI is InChI=1S/C41H83N2O6P/c1-3-5-7-9-11-13-15-17-19-20-21-22-24-26-28-30-32-34-40(44)39(38-49-50(46,47)48-37-36-42)43-41(45)35-33-31-29-27-25-23-18-16-14-12-10-8-6-4-2/h32,34,39-40,44H,3-31,33,35-38,42H2,1-2H3,(H,43,45)(H,46,47)/b34-32+. The third-order valence-electron chi connectivity index (χ3n) is 9.61. The predicted octanol–water partition coefficient (Wildman–Crippen LogP) is 11.6. The predicted molar refractivity (Wildman–Crippen MR) is 212 cm³/mol. The molecule has 0 fully saturated rings. The maximum absolute atomic E-state index is 12.7. The molecular formula is C41H83N2O6P. The average Bonchev–Trinajstić information content (AvgIpc) is 3.10. The zero-order chi connectivity index (χ0) is 36.8. The van der Waals surface area contributed by atoms with Gasteiger partial charge < -0.3 is 21.1 Å². The normalized spacial score (nSPS) is 14.3. The number of unbranched alkanes of at least 4 members (excludes halogenated alkanes) is 28. The molecule has 0 saturated heterocycles. The van der Waals surface area contributed by atoms with Crippen LogP contribution in [-0.2, 0) is 18.4 Å². The summed E-state index contributed by atoms with van der Waals surface area (Å²) in [5.41, 5.74) is 5.37. The van der Waals surface area contributed by atoms with E-state index in [1.165, 1.54) is 154 Å². The van der Waals surface area contributed by atoms with Gasteiger partial charge >= 0.3 is 7.82 Å². The first-order valence-electron chi connectivity index (χ1n) is 21.3. The molecule has 0 heterocycles. The first kappa shape index (κ1) is 49.2. The lowest BCUT2D eigenvalue weighted by molar-refractivity contribution is -0.123. The van der Waals surface area contributed by atoms with E-state index in [-0.39, 0.29) is 25.7 Å². The number of aliphatic hydroxyl groups is 1. The van der Waals surface area contributed by atoms with Crippen molar-refractivity contribution in [3.05, 3.63) is 12.2 Å². The summed E-state index contributed by atoms with van der Waals surface area (Å²) >= 11 is 0. The molecule has 0 bridgehead atoms. The number of amides is 1. The Kier molecular flexibility index (Phi) is 37.4. The van der Waals surface area contributed by atoms with Gasteiger partial charge in [-0.05, 0) is 19.3 Å². The number of carbonyl (C=O) groups is 1. The van der Waals surface area contributed by atoms with E-state index in [9.17, 15) is 19.4 Å². The Morgan fingerprint density at radius 1 is 0.640 bits per heavy atom. The van der Waals surface area contributed by atoms with Crippen LogP contribution < -0.4 is 11.1 Å². The Morgan fingerprint density at radius 3 is 1.42 bits per heavy atom. The minimum absolute atomic E-state index is 0.0813. The maximum Gasteiger partial charge on any atom is 0.472 e. The molecule has 50 heavy (non-hydrogen) atoms. The Morgan fingerprint density at radius 2 is 1.02 bits per heavy atom. The van der Waals surface area contributed by atoms with E-state index < -0.39 is 20.0 Å². The zero-order valence-corrected chi connectivity index (χ0v) is 33.8. The molecule has 0 aliphatic heterocycles. The SMILES string of the molecule is CCCCCCCCCCCCCCCCC/C=C/C(O)C(COP(=O)(O)OCCN)NC(=O)CCCCCCCCCCCCCCCC. The third-order valence-corrected chi connectivity index (χ3v) is 10.6. The van der Waals surface area contributed by atoms with Crippen LogP contribution in [0.15, 0.2) is 12.2 Å². The minimum atomic E-state index is -4.33. The molecular weight excluding hydrogens is 647 g/mol. The third kappa shape index (κ3) is 35.6. The number of carbonyl (C=O) groups excluding carboxylic acids is 1. The van der Waals surface area contributed by atoms with Crippen LogP contribution in [0.2, 0.25) is 0 Å². The molecule has 3 atom stereocenters. The molecule has 0 radical (unpaired) electrons. The van der Waals surface area contributed by atoms with Gasteiger partial charge in [0.1, 0.15) is 0 Å². The first-order valence-corrected chi connectivity index (χ1v) is 22.8. The van der Waals surface area contributed by atoms with Crippen molar-refractivity contribution in [1.82, 2.24) is 5.32 Å². The molecule has 0 aromatic carbocycles. The van der Waals surface area contributed by atoms with Crippen LogP contribution in [-0.4, -0.2) is 47.8 Å². The van der Waals surface area contributed by atoms with Crippen LogP contribution in [0.3, 0.4) is 0 Å². The minimum Gasteiger partial charge on any atom is -0.387 e. The molecule has 0 rings (SSSR count). The van der Waals surface area contributed by atoms with E-state index in [2.05, 4.69) is 19.2 Å². The van der Waals surface area contributed by atoms with Crippen molar-refractivity contribution in [3.63, 3.8) is 0 Å². The highest BCUT2D eigenvalue weighted by atomic mass is 31.2. The number of hydrogen-bond acceptors (Lipinski definition) is 6. The molecule has 0 spiro atoms. The lowest BCUT2D eigenvalue weighted by Crippen LogP contribution is -2.45. The average molecular weight is 731 g/mol. The van der Waals surface area contributed by atoms with E-state index in [0.717, 1.165) is 38.5 Å².